The molecule has 2 rings (SSSR count). The average Bonchev–Trinajstić information content (AvgIpc) is 2.58. The molecule has 1 aromatic heterocycles. The van der Waals surface area contributed by atoms with Gasteiger partial charge in [0.05, 0.1) is 19.1 Å². The van der Waals surface area contributed by atoms with Gasteiger partial charge in [-0.25, -0.2) is 22.2 Å². The zero-order valence-corrected chi connectivity index (χ0v) is 14.7. The van der Waals surface area contributed by atoms with Crippen LogP contribution in [0.5, 0.6) is 5.75 Å². The molecule has 0 saturated carbocycles. The van der Waals surface area contributed by atoms with Crippen LogP contribution < -0.4 is 14.8 Å². The fraction of sp³-hybridized carbons (Fsp3) is 0.312. The Kier molecular flexibility index (Phi) is 6.13. The summed E-state index contributed by atoms with van der Waals surface area (Å²) in [5.41, 5.74) is 0.324. The van der Waals surface area contributed by atoms with Gasteiger partial charge in [-0.15, -0.1) is 0 Å². The summed E-state index contributed by atoms with van der Waals surface area (Å²) in [5.74, 6) is -2.05. The predicted octanol–water partition coefficient (Wildman–Crippen LogP) is 3.13. The molecule has 0 spiro atoms. The van der Waals surface area contributed by atoms with Crippen LogP contribution in [0.15, 0.2) is 30.5 Å². The average molecular weight is 371 g/mol. The highest BCUT2D eigenvalue weighted by Crippen LogP contribution is 2.25. The van der Waals surface area contributed by atoms with Crippen LogP contribution in [0.1, 0.15) is 18.9 Å². The highest BCUT2D eigenvalue weighted by molar-refractivity contribution is 7.92. The van der Waals surface area contributed by atoms with Gasteiger partial charge in [-0.05, 0) is 24.1 Å². The van der Waals surface area contributed by atoms with E-state index in [4.69, 9.17) is 4.74 Å². The molecule has 1 heterocycles. The number of nitrogens with zero attached hydrogens (tertiary/aromatic N) is 1. The second-order valence-corrected chi connectivity index (χ2v) is 7.11. The Morgan fingerprint density at radius 3 is 2.48 bits per heavy atom. The van der Waals surface area contributed by atoms with Crippen LogP contribution in [0.25, 0.3) is 0 Å². The maximum absolute atomic E-state index is 14.4. The summed E-state index contributed by atoms with van der Waals surface area (Å²) in [7, 11) is -2.19. The molecule has 2 N–H and O–H groups in total. The number of sulfonamides is 1. The van der Waals surface area contributed by atoms with E-state index in [2.05, 4.69) is 10.3 Å². The second kappa shape index (κ2) is 8.11. The van der Waals surface area contributed by atoms with E-state index in [1.165, 1.54) is 7.11 Å². The monoisotopic (exact) mass is 371 g/mol. The van der Waals surface area contributed by atoms with Crippen molar-refractivity contribution in [3.05, 3.63) is 47.7 Å². The van der Waals surface area contributed by atoms with Gasteiger partial charge in [-0.1, -0.05) is 19.1 Å². The number of halogens is 2. The van der Waals surface area contributed by atoms with Crippen LogP contribution in [0, 0.1) is 11.6 Å². The number of hydrogen-bond acceptors (Lipinski definition) is 5. The van der Waals surface area contributed by atoms with Crippen molar-refractivity contribution in [3.63, 3.8) is 0 Å². The van der Waals surface area contributed by atoms with Gasteiger partial charge in [0.25, 0.3) is 0 Å². The van der Waals surface area contributed by atoms with Crippen molar-refractivity contribution in [2.45, 2.75) is 19.9 Å². The van der Waals surface area contributed by atoms with Crippen LogP contribution in [-0.4, -0.2) is 26.3 Å². The van der Waals surface area contributed by atoms with Gasteiger partial charge in [-0.2, -0.15) is 0 Å². The summed E-state index contributed by atoms with van der Waals surface area (Å²) in [4.78, 5) is 3.49. The van der Waals surface area contributed by atoms with E-state index in [0.717, 1.165) is 11.8 Å². The van der Waals surface area contributed by atoms with Gasteiger partial charge in [-0.3, -0.25) is 4.72 Å². The van der Waals surface area contributed by atoms with E-state index >= 15 is 0 Å². The van der Waals surface area contributed by atoms with E-state index in [0.29, 0.717) is 12.2 Å². The van der Waals surface area contributed by atoms with Gasteiger partial charge in [0.2, 0.25) is 10.0 Å². The number of rotatable bonds is 8. The first-order valence-corrected chi connectivity index (χ1v) is 9.22. The molecule has 0 fully saturated rings. The van der Waals surface area contributed by atoms with Crippen LogP contribution in [-0.2, 0) is 16.6 Å². The molecule has 0 aliphatic heterocycles. The number of anilines is 2. The molecule has 0 bridgehead atoms. The summed E-state index contributed by atoms with van der Waals surface area (Å²) < 4.78 is 58.8. The zero-order chi connectivity index (χ0) is 18.4. The molecule has 0 aliphatic carbocycles. The number of pyridine rings is 1. The lowest BCUT2D eigenvalue weighted by molar-refractivity contribution is 0.414. The third-order valence-electron chi connectivity index (χ3n) is 3.33. The van der Waals surface area contributed by atoms with Crippen molar-refractivity contribution in [1.82, 2.24) is 4.98 Å². The van der Waals surface area contributed by atoms with Crippen molar-refractivity contribution in [3.8, 4) is 5.75 Å². The highest BCUT2D eigenvalue weighted by atomic mass is 32.2. The Labute approximate surface area is 145 Å². The fourth-order valence-corrected chi connectivity index (χ4v) is 3.18. The minimum absolute atomic E-state index is 0.142. The number of benzene rings is 1. The molecule has 1 aromatic carbocycles. The first-order chi connectivity index (χ1) is 11.9. The van der Waals surface area contributed by atoms with E-state index in [1.54, 1.807) is 31.2 Å². The minimum Gasteiger partial charge on any atom is -0.497 e. The van der Waals surface area contributed by atoms with E-state index in [9.17, 15) is 17.2 Å². The van der Waals surface area contributed by atoms with Gasteiger partial charge >= 0.3 is 0 Å². The van der Waals surface area contributed by atoms with E-state index in [1.807, 2.05) is 4.72 Å². The highest BCUT2D eigenvalue weighted by Gasteiger charge is 2.19. The maximum atomic E-state index is 14.4. The van der Waals surface area contributed by atoms with Crippen LogP contribution in [0.3, 0.4) is 0 Å². The molecular weight excluding hydrogens is 352 g/mol. The first kappa shape index (κ1) is 18.9. The third kappa shape index (κ3) is 5.02. The Bertz CT molecular complexity index is 827. The SMILES string of the molecule is CCCS(=O)(=O)Nc1ncc(F)c(NCc2ccc(OC)cc2)c1F. The molecule has 2 aromatic rings. The maximum Gasteiger partial charge on any atom is 0.233 e. The predicted molar refractivity (Wildman–Crippen MR) is 92.2 cm³/mol. The topological polar surface area (TPSA) is 80.3 Å². The smallest absolute Gasteiger partial charge is 0.233 e. The first-order valence-electron chi connectivity index (χ1n) is 7.57. The van der Waals surface area contributed by atoms with Gasteiger partial charge in [0, 0.05) is 6.54 Å². The lowest BCUT2D eigenvalue weighted by Gasteiger charge is -2.13. The zero-order valence-electron chi connectivity index (χ0n) is 13.8. The van der Waals surface area contributed by atoms with Crippen molar-refractivity contribution in [2.75, 3.05) is 22.9 Å². The van der Waals surface area contributed by atoms with Crippen molar-refractivity contribution in [2.24, 2.45) is 0 Å². The lowest BCUT2D eigenvalue weighted by Crippen LogP contribution is -2.19. The van der Waals surface area contributed by atoms with Crippen molar-refractivity contribution < 1.29 is 21.9 Å². The Hall–Kier alpha value is -2.42. The standard InChI is InChI=1S/C16H19F2N3O3S/c1-3-8-25(22,23)21-16-14(18)15(13(17)10-20-16)19-9-11-4-6-12(24-2)7-5-11/h4-7,10H,3,8-9H2,1-2H3,(H2,19,20,21). The number of methoxy groups -OCH3 is 1. The molecule has 0 atom stereocenters. The summed E-state index contributed by atoms with van der Waals surface area (Å²) >= 11 is 0. The molecule has 0 saturated heterocycles. The van der Waals surface area contributed by atoms with Crippen LogP contribution in [0.2, 0.25) is 0 Å². The molecule has 136 valence electrons. The molecule has 0 unspecified atom stereocenters. The van der Waals surface area contributed by atoms with Gasteiger partial charge in [0.1, 0.15) is 11.4 Å². The quantitative estimate of drug-likeness (QED) is 0.745. The molecule has 6 nitrogen and oxygen atoms in total. The minimum atomic E-state index is -3.73. The van der Waals surface area contributed by atoms with Gasteiger partial charge in [0.15, 0.2) is 17.5 Å². The summed E-state index contributed by atoms with van der Waals surface area (Å²) in [6.45, 7) is 1.82. The van der Waals surface area contributed by atoms with Crippen LogP contribution in [0.4, 0.5) is 20.3 Å². The molecular formula is C16H19F2N3O3S. The largest absolute Gasteiger partial charge is 0.497 e. The fourth-order valence-electron chi connectivity index (χ4n) is 2.10. The van der Waals surface area contributed by atoms with E-state index < -0.39 is 33.2 Å². The second-order valence-electron chi connectivity index (χ2n) is 5.27. The molecule has 0 amide bonds. The summed E-state index contributed by atoms with van der Waals surface area (Å²) in [6.07, 6.45) is 1.13. The van der Waals surface area contributed by atoms with Crippen LogP contribution >= 0.6 is 0 Å². The normalized spacial score (nSPS) is 11.2. The summed E-state index contributed by atoms with van der Waals surface area (Å²) in [5, 5.41) is 2.63. The van der Waals surface area contributed by atoms with Gasteiger partial charge < -0.3 is 10.1 Å². The molecule has 9 heteroatoms. The third-order valence-corrected chi connectivity index (χ3v) is 4.78. The molecule has 0 aliphatic rings. The van der Waals surface area contributed by atoms with E-state index in [-0.39, 0.29) is 12.3 Å². The Morgan fingerprint density at radius 1 is 1.20 bits per heavy atom. The molecule has 0 radical (unpaired) electrons. The number of nitrogens with one attached hydrogen (secondary N) is 2. The lowest BCUT2D eigenvalue weighted by atomic mass is 10.2. The Morgan fingerprint density at radius 2 is 1.88 bits per heavy atom. The Balaban J connectivity index is 2.18. The number of aromatic nitrogens is 1. The van der Waals surface area contributed by atoms with Crippen molar-refractivity contribution in [1.29, 1.82) is 0 Å². The number of ether oxygens (including phenoxy) is 1. The van der Waals surface area contributed by atoms with Crippen molar-refractivity contribution >= 4 is 21.5 Å². The summed E-state index contributed by atoms with van der Waals surface area (Å²) in [6, 6.07) is 6.93. The molecule has 25 heavy (non-hydrogen) atoms. The number of hydrogen-bond donors (Lipinski definition) is 2.